The van der Waals surface area contributed by atoms with E-state index in [4.69, 9.17) is 4.74 Å². The number of ether oxygens (including phenoxy) is 1. The third-order valence-electron chi connectivity index (χ3n) is 5.16. The normalized spacial score (nSPS) is 15.5. The first-order chi connectivity index (χ1) is 14.3. The summed E-state index contributed by atoms with van der Waals surface area (Å²) in [6.45, 7) is 7.05. The molecule has 1 heterocycles. The topological polar surface area (TPSA) is 79.0 Å². The average molecular weight is 432 g/mol. The first kappa shape index (κ1) is 22.1. The number of nitrogens with zero attached hydrogens (tertiary/aromatic N) is 2. The highest BCUT2D eigenvalue weighted by molar-refractivity contribution is 7.92. The van der Waals surface area contributed by atoms with E-state index in [-0.39, 0.29) is 5.91 Å². The van der Waals surface area contributed by atoms with Gasteiger partial charge in [-0.3, -0.25) is 9.10 Å². The lowest BCUT2D eigenvalue weighted by Gasteiger charge is -2.29. The Hall–Kier alpha value is -2.58. The van der Waals surface area contributed by atoms with Crippen LogP contribution in [0.1, 0.15) is 18.1 Å². The first-order valence-electron chi connectivity index (χ1n) is 10.0. The number of anilines is 2. The molecule has 30 heavy (non-hydrogen) atoms. The molecule has 7 nitrogen and oxygen atoms in total. The molecule has 0 unspecified atom stereocenters. The predicted octanol–water partition coefficient (Wildman–Crippen LogP) is 2.30. The molecule has 1 aliphatic heterocycles. The minimum Gasteiger partial charge on any atom is -0.378 e. The zero-order valence-corrected chi connectivity index (χ0v) is 18.5. The monoisotopic (exact) mass is 431 g/mol. The van der Waals surface area contributed by atoms with Gasteiger partial charge < -0.3 is 15.0 Å². The van der Waals surface area contributed by atoms with Crippen molar-refractivity contribution in [1.82, 2.24) is 5.32 Å². The largest absolute Gasteiger partial charge is 0.378 e. The van der Waals surface area contributed by atoms with Crippen LogP contribution in [0.2, 0.25) is 0 Å². The molecule has 8 heteroatoms. The van der Waals surface area contributed by atoms with Crippen LogP contribution >= 0.6 is 0 Å². The fourth-order valence-electron chi connectivity index (χ4n) is 3.48. The molecule has 1 fully saturated rings. The number of hydrogen-bond acceptors (Lipinski definition) is 5. The number of aryl methyl sites for hydroxylation is 1. The van der Waals surface area contributed by atoms with Gasteiger partial charge >= 0.3 is 0 Å². The Morgan fingerprint density at radius 1 is 1.10 bits per heavy atom. The lowest BCUT2D eigenvalue weighted by atomic mass is 10.1. The number of rotatable bonds is 7. The number of carbonyl (C=O) groups is 1. The Morgan fingerprint density at radius 2 is 1.70 bits per heavy atom. The maximum Gasteiger partial charge on any atom is 0.243 e. The fraction of sp³-hybridized carbons (Fsp3) is 0.409. The molecule has 1 aliphatic rings. The van der Waals surface area contributed by atoms with Gasteiger partial charge in [-0.15, -0.1) is 0 Å². The maximum absolute atomic E-state index is 12.7. The molecule has 0 saturated carbocycles. The van der Waals surface area contributed by atoms with Crippen LogP contribution in [0.3, 0.4) is 0 Å². The highest BCUT2D eigenvalue weighted by Crippen LogP contribution is 2.21. The molecule has 1 atom stereocenters. The molecular weight excluding hydrogens is 402 g/mol. The molecule has 1 N–H and O–H groups in total. The van der Waals surface area contributed by atoms with Gasteiger partial charge in [0.2, 0.25) is 15.9 Å². The van der Waals surface area contributed by atoms with Gasteiger partial charge in [-0.05, 0) is 43.7 Å². The van der Waals surface area contributed by atoms with Crippen molar-refractivity contribution in [3.63, 3.8) is 0 Å². The summed E-state index contributed by atoms with van der Waals surface area (Å²) >= 11 is 0. The average Bonchev–Trinajstić information content (AvgIpc) is 2.73. The molecule has 0 spiro atoms. The van der Waals surface area contributed by atoms with E-state index in [2.05, 4.69) is 10.2 Å². The number of benzene rings is 2. The molecule has 3 rings (SSSR count). The van der Waals surface area contributed by atoms with Crippen molar-refractivity contribution >= 4 is 27.3 Å². The number of amides is 1. The zero-order chi connectivity index (χ0) is 21.7. The van der Waals surface area contributed by atoms with Gasteiger partial charge in [-0.2, -0.15) is 0 Å². The Kier molecular flexibility index (Phi) is 6.99. The van der Waals surface area contributed by atoms with Gasteiger partial charge in [0.15, 0.2) is 0 Å². The van der Waals surface area contributed by atoms with E-state index in [1.54, 1.807) is 19.1 Å². The summed E-state index contributed by atoms with van der Waals surface area (Å²) < 4.78 is 31.2. The minimum atomic E-state index is -3.62. The highest BCUT2D eigenvalue weighted by atomic mass is 32.2. The summed E-state index contributed by atoms with van der Waals surface area (Å²) in [7, 11) is -3.62. The molecule has 0 aromatic heterocycles. The molecule has 2 aromatic rings. The van der Waals surface area contributed by atoms with Gasteiger partial charge in [0, 0.05) is 25.3 Å². The van der Waals surface area contributed by atoms with Crippen LogP contribution in [0.5, 0.6) is 0 Å². The summed E-state index contributed by atoms with van der Waals surface area (Å²) in [4.78, 5) is 15.0. The van der Waals surface area contributed by atoms with Crippen LogP contribution in [0.15, 0.2) is 48.5 Å². The van der Waals surface area contributed by atoms with E-state index >= 15 is 0 Å². The van der Waals surface area contributed by atoms with Crippen molar-refractivity contribution in [2.75, 3.05) is 41.8 Å². The Labute approximate surface area is 178 Å². The molecular formula is C22H29N3O4S. The van der Waals surface area contributed by atoms with Crippen LogP contribution in [-0.2, 0) is 26.1 Å². The fourth-order valence-corrected chi connectivity index (χ4v) is 4.66. The summed E-state index contributed by atoms with van der Waals surface area (Å²) in [5, 5.41) is 2.85. The Balaban J connectivity index is 1.64. The van der Waals surface area contributed by atoms with Crippen LogP contribution in [0.4, 0.5) is 11.4 Å². The number of morpholine rings is 1. The van der Waals surface area contributed by atoms with Crippen molar-refractivity contribution in [2.45, 2.75) is 26.4 Å². The molecule has 162 valence electrons. The number of nitrogens with one attached hydrogen (secondary N) is 1. The Bertz CT molecular complexity index is 953. The van der Waals surface area contributed by atoms with Gasteiger partial charge in [0.05, 0.1) is 25.2 Å². The molecule has 1 saturated heterocycles. The summed E-state index contributed by atoms with van der Waals surface area (Å²) in [6.07, 6.45) is 1.11. The molecule has 2 aromatic carbocycles. The van der Waals surface area contributed by atoms with E-state index < -0.39 is 16.1 Å². The summed E-state index contributed by atoms with van der Waals surface area (Å²) in [5.74, 6) is -0.349. The highest BCUT2D eigenvalue weighted by Gasteiger charge is 2.28. The lowest BCUT2D eigenvalue weighted by Crippen LogP contribution is -2.47. The maximum atomic E-state index is 12.7. The van der Waals surface area contributed by atoms with Crippen molar-refractivity contribution in [2.24, 2.45) is 0 Å². The SMILES string of the molecule is Cc1ccc(N([C@@H](C)C(=O)NCc2ccc(N3CCOCC3)cc2)S(C)(=O)=O)cc1. The summed E-state index contributed by atoms with van der Waals surface area (Å²) in [5.41, 5.74) is 3.57. The first-order valence-corrected chi connectivity index (χ1v) is 11.9. The second kappa shape index (κ2) is 9.49. The number of carbonyl (C=O) groups excluding carboxylic acids is 1. The quantitative estimate of drug-likeness (QED) is 0.728. The van der Waals surface area contributed by atoms with E-state index in [1.807, 2.05) is 43.3 Å². The van der Waals surface area contributed by atoms with E-state index in [0.29, 0.717) is 12.2 Å². The van der Waals surface area contributed by atoms with Crippen molar-refractivity contribution < 1.29 is 17.9 Å². The molecule has 0 aliphatic carbocycles. The third kappa shape index (κ3) is 5.52. The predicted molar refractivity (Wildman–Crippen MR) is 119 cm³/mol. The zero-order valence-electron chi connectivity index (χ0n) is 17.7. The van der Waals surface area contributed by atoms with Crippen molar-refractivity contribution in [3.05, 3.63) is 59.7 Å². The standard InChI is InChI=1S/C22H29N3O4S/c1-17-4-8-21(9-5-17)25(30(3,27)28)18(2)22(26)23-16-19-6-10-20(11-7-19)24-12-14-29-15-13-24/h4-11,18H,12-16H2,1-3H3,(H,23,26)/t18-/m0/s1. The van der Waals surface area contributed by atoms with Gasteiger partial charge in [0.1, 0.15) is 6.04 Å². The lowest BCUT2D eigenvalue weighted by molar-refractivity contribution is -0.122. The van der Waals surface area contributed by atoms with Crippen LogP contribution in [0.25, 0.3) is 0 Å². The number of hydrogen-bond donors (Lipinski definition) is 1. The van der Waals surface area contributed by atoms with Crippen LogP contribution in [0, 0.1) is 6.92 Å². The minimum absolute atomic E-state index is 0.331. The Morgan fingerprint density at radius 3 is 2.27 bits per heavy atom. The number of sulfonamides is 1. The van der Waals surface area contributed by atoms with Gasteiger partial charge in [-0.25, -0.2) is 8.42 Å². The van der Waals surface area contributed by atoms with Gasteiger partial charge in [0.25, 0.3) is 0 Å². The van der Waals surface area contributed by atoms with E-state index in [0.717, 1.165) is 53.7 Å². The van der Waals surface area contributed by atoms with Crippen molar-refractivity contribution in [1.29, 1.82) is 0 Å². The second-order valence-electron chi connectivity index (χ2n) is 7.55. The third-order valence-corrected chi connectivity index (χ3v) is 6.40. The van der Waals surface area contributed by atoms with Gasteiger partial charge in [-0.1, -0.05) is 29.8 Å². The second-order valence-corrected chi connectivity index (χ2v) is 9.41. The smallest absolute Gasteiger partial charge is 0.243 e. The summed E-state index contributed by atoms with van der Waals surface area (Å²) in [6, 6.07) is 14.2. The molecule has 0 bridgehead atoms. The van der Waals surface area contributed by atoms with Crippen LogP contribution in [-0.4, -0.2) is 52.9 Å². The van der Waals surface area contributed by atoms with Crippen molar-refractivity contribution in [3.8, 4) is 0 Å². The molecule has 1 amide bonds. The molecule has 0 radical (unpaired) electrons. The van der Waals surface area contributed by atoms with E-state index in [9.17, 15) is 13.2 Å². The van der Waals surface area contributed by atoms with E-state index in [1.165, 1.54) is 0 Å². The van der Waals surface area contributed by atoms with Crippen LogP contribution < -0.4 is 14.5 Å².